The Bertz CT molecular complexity index is 1150. The van der Waals surface area contributed by atoms with Gasteiger partial charge in [0.2, 0.25) is 17.7 Å². The second-order valence-corrected chi connectivity index (χ2v) is 10.6. The van der Waals surface area contributed by atoms with Crippen molar-refractivity contribution >= 4 is 34.5 Å². The number of carbonyl (C=O) groups is 4. The number of fused-ring (bicyclic) bond motifs is 1. The first-order valence-corrected chi connectivity index (χ1v) is 14.0. The van der Waals surface area contributed by atoms with Crippen LogP contribution in [-0.2, 0) is 25.7 Å². The molecule has 1 aliphatic heterocycles. The van der Waals surface area contributed by atoms with Crippen LogP contribution in [0.2, 0.25) is 0 Å². The van der Waals surface area contributed by atoms with Crippen LogP contribution in [0.25, 0.3) is 10.8 Å². The van der Waals surface area contributed by atoms with Gasteiger partial charge in [-0.15, -0.1) is 0 Å². The number of hydrogen-bond acceptors (Lipinski definition) is 5. The largest absolute Gasteiger partial charge is 0.480 e. The van der Waals surface area contributed by atoms with Crippen molar-refractivity contribution in [3.63, 3.8) is 0 Å². The Morgan fingerprint density at radius 2 is 1.85 bits per heavy atom. The average Bonchev–Trinajstić information content (AvgIpc) is 3.36. The summed E-state index contributed by atoms with van der Waals surface area (Å²) in [4.78, 5) is 51.5. The van der Waals surface area contributed by atoms with E-state index >= 15 is 0 Å². The first kappa shape index (κ1) is 30.1. The first-order chi connectivity index (χ1) is 18.7. The van der Waals surface area contributed by atoms with Crippen molar-refractivity contribution in [1.82, 2.24) is 20.9 Å². The van der Waals surface area contributed by atoms with Crippen LogP contribution in [0.4, 0.5) is 0 Å². The highest BCUT2D eigenvalue weighted by Crippen LogP contribution is 2.21. The molecule has 2 aromatic carbocycles. The van der Waals surface area contributed by atoms with Crippen LogP contribution in [-0.4, -0.2) is 64.9 Å². The fourth-order valence-electron chi connectivity index (χ4n) is 4.99. The molecule has 212 valence electrons. The minimum Gasteiger partial charge on any atom is -0.480 e. The van der Waals surface area contributed by atoms with Crippen LogP contribution in [0.1, 0.15) is 64.9 Å². The maximum atomic E-state index is 13.1. The fraction of sp³-hybridized carbons (Fsp3) is 0.533. The smallest absolute Gasteiger partial charge is 0.326 e. The summed E-state index contributed by atoms with van der Waals surface area (Å²) in [6.45, 7) is 6.91. The van der Waals surface area contributed by atoms with Gasteiger partial charge in [-0.05, 0) is 35.1 Å². The predicted molar refractivity (Wildman–Crippen MR) is 151 cm³/mol. The van der Waals surface area contributed by atoms with Crippen molar-refractivity contribution in [1.29, 1.82) is 0 Å². The van der Waals surface area contributed by atoms with E-state index in [1.165, 1.54) is 0 Å². The third kappa shape index (κ3) is 8.78. The Hall–Kier alpha value is -3.46. The molecule has 0 spiro atoms. The number of rotatable bonds is 15. The fourth-order valence-corrected chi connectivity index (χ4v) is 4.99. The highest BCUT2D eigenvalue weighted by molar-refractivity contribution is 5.91. The SMILES string of the molecule is CCCC[C@H](NC(=O)CN(Cc1cccc2ccccc12)C[C@@H](NC(=O)[C@@H]1CCC(=O)N1)[C@@H](C)CC)C(=O)O. The highest BCUT2D eigenvalue weighted by Gasteiger charge is 2.31. The van der Waals surface area contributed by atoms with E-state index in [9.17, 15) is 24.3 Å². The van der Waals surface area contributed by atoms with E-state index in [0.29, 0.717) is 38.8 Å². The quantitative estimate of drug-likeness (QED) is 0.276. The van der Waals surface area contributed by atoms with Gasteiger partial charge in [0.15, 0.2) is 0 Å². The van der Waals surface area contributed by atoms with E-state index in [1.54, 1.807) is 0 Å². The zero-order valence-electron chi connectivity index (χ0n) is 23.2. The normalized spacial score (nSPS) is 17.4. The summed E-state index contributed by atoms with van der Waals surface area (Å²) in [5.41, 5.74) is 1.04. The molecule has 9 heteroatoms. The van der Waals surface area contributed by atoms with Crippen LogP contribution in [0.5, 0.6) is 0 Å². The number of nitrogens with one attached hydrogen (secondary N) is 3. The molecule has 0 unspecified atom stereocenters. The second-order valence-electron chi connectivity index (χ2n) is 10.6. The van der Waals surface area contributed by atoms with Gasteiger partial charge in [-0.3, -0.25) is 19.3 Å². The van der Waals surface area contributed by atoms with Gasteiger partial charge >= 0.3 is 5.97 Å². The molecule has 0 aliphatic carbocycles. The Labute approximate surface area is 230 Å². The molecule has 1 saturated heterocycles. The standard InChI is InChI=1S/C30H42N4O5/c1-4-6-14-25(30(38)39)32-28(36)19-34(17-22-12-9-11-21-10-7-8-13-23(21)22)18-26(20(3)5-2)33-29(37)24-15-16-27(35)31-24/h7-13,20,24-26H,4-6,14-19H2,1-3H3,(H,31,35)(H,32,36)(H,33,37)(H,38,39)/t20-,24-,25-,26+/m0/s1. The van der Waals surface area contributed by atoms with Crippen molar-refractivity contribution in [2.45, 2.75) is 84.0 Å². The zero-order valence-corrected chi connectivity index (χ0v) is 23.2. The summed E-state index contributed by atoms with van der Waals surface area (Å²) in [5, 5.41) is 20.3. The molecular formula is C30H42N4O5. The monoisotopic (exact) mass is 538 g/mol. The van der Waals surface area contributed by atoms with Crippen molar-refractivity contribution < 1.29 is 24.3 Å². The predicted octanol–water partition coefficient (Wildman–Crippen LogP) is 3.21. The Morgan fingerprint density at radius 1 is 1.10 bits per heavy atom. The number of carboxylic acid groups (broad SMARTS) is 1. The van der Waals surface area contributed by atoms with E-state index in [2.05, 4.69) is 22.9 Å². The van der Waals surface area contributed by atoms with Gasteiger partial charge in [0.1, 0.15) is 12.1 Å². The average molecular weight is 539 g/mol. The van der Waals surface area contributed by atoms with Crippen LogP contribution < -0.4 is 16.0 Å². The van der Waals surface area contributed by atoms with Crippen molar-refractivity contribution in [3.05, 3.63) is 48.0 Å². The molecule has 4 atom stereocenters. The third-order valence-electron chi connectivity index (χ3n) is 7.55. The minimum atomic E-state index is -1.04. The van der Waals surface area contributed by atoms with E-state index < -0.39 is 18.1 Å². The topological polar surface area (TPSA) is 128 Å². The first-order valence-electron chi connectivity index (χ1n) is 14.0. The maximum Gasteiger partial charge on any atom is 0.326 e. The summed E-state index contributed by atoms with van der Waals surface area (Å²) in [6, 6.07) is 12.3. The summed E-state index contributed by atoms with van der Waals surface area (Å²) in [6.07, 6.45) is 3.53. The Morgan fingerprint density at radius 3 is 2.51 bits per heavy atom. The van der Waals surface area contributed by atoms with Crippen LogP contribution in [0, 0.1) is 5.92 Å². The Balaban J connectivity index is 1.82. The molecule has 0 aromatic heterocycles. The van der Waals surface area contributed by atoms with Gasteiger partial charge < -0.3 is 21.1 Å². The molecule has 3 rings (SSSR count). The highest BCUT2D eigenvalue weighted by atomic mass is 16.4. The molecule has 39 heavy (non-hydrogen) atoms. The third-order valence-corrected chi connectivity index (χ3v) is 7.55. The Kier molecular flexibility index (Phi) is 11.3. The molecule has 0 radical (unpaired) electrons. The number of carbonyl (C=O) groups excluding carboxylic acids is 3. The molecule has 2 aromatic rings. The summed E-state index contributed by atoms with van der Waals surface area (Å²) in [5.74, 6) is -1.64. The summed E-state index contributed by atoms with van der Waals surface area (Å²) in [7, 11) is 0. The van der Waals surface area contributed by atoms with E-state index in [0.717, 1.165) is 29.2 Å². The molecule has 1 aliphatic rings. The molecule has 0 saturated carbocycles. The number of nitrogens with zero attached hydrogens (tertiary/aromatic N) is 1. The van der Waals surface area contributed by atoms with Crippen LogP contribution in [0.15, 0.2) is 42.5 Å². The second kappa shape index (κ2) is 14.6. The molecule has 1 heterocycles. The van der Waals surface area contributed by atoms with Crippen LogP contribution >= 0.6 is 0 Å². The maximum absolute atomic E-state index is 13.1. The number of aliphatic carboxylic acids is 1. The lowest BCUT2D eigenvalue weighted by Gasteiger charge is -2.32. The molecule has 0 bridgehead atoms. The van der Waals surface area contributed by atoms with E-state index in [1.807, 2.05) is 61.2 Å². The van der Waals surface area contributed by atoms with Gasteiger partial charge in [0.05, 0.1) is 6.54 Å². The van der Waals surface area contributed by atoms with Crippen molar-refractivity contribution in [3.8, 4) is 0 Å². The number of hydrogen-bond donors (Lipinski definition) is 4. The van der Waals surface area contributed by atoms with Gasteiger partial charge in [-0.25, -0.2) is 4.79 Å². The van der Waals surface area contributed by atoms with Crippen molar-refractivity contribution in [2.24, 2.45) is 5.92 Å². The zero-order chi connectivity index (χ0) is 28.4. The number of carboxylic acids is 1. The van der Waals surface area contributed by atoms with Gasteiger partial charge in [0.25, 0.3) is 0 Å². The molecule has 3 amide bonds. The van der Waals surface area contributed by atoms with E-state index in [-0.39, 0.29) is 36.2 Å². The molecular weight excluding hydrogens is 496 g/mol. The molecule has 4 N–H and O–H groups in total. The van der Waals surface area contributed by atoms with Gasteiger partial charge in [-0.1, -0.05) is 82.5 Å². The van der Waals surface area contributed by atoms with Crippen LogP contribution in [0.3, 0.4) is 0 Å². The van der Waals surface area contributed by atoms with Gasteiger partial charge in [-0.2, -0.15) is 0 Å². The van der Waals surface area contributed by atoms with Gasteiger partial charge in [0, 0.05) is 25.6 Å². The lowest BCUT2D eigenvalue weighted by Crippen LogP contribution is -2.53. The number of amides is 3. The summed E-state index contributed by atoms with van der Waals surface area (Å²) >= 11 is 0. The van der Waals surface area contributed by atoms with Crippen molar-refractivity contribution in [2.75, 3.05) is 13.1 Å². The summed E-state index contributed by atoms with van der Waals surface area (Å²) < 4.78 is 0. The number of benzene rings is 2. The lowest BCUT2D eigenvalue weighted by molar-refractivity contribution is -0.142. The number of unbranched alkanes of at least 4 members (excludes halogenated alkanes) is 1. The lowest BCUT2D eigenvalue weighted by atomic mass is 9.97. The minimum absolute atomic E-state index is 0.0118. The molecule has 9 nitrogen and oxygen atoms in total. The molecule has 1 fully saturated rings. The van der Waals surface area contributed by atoms with E-state index in [4.69, 9.17) is 0 Å².